The molecule has 0 bridgehead atoms. The smallest absolute Gasteiger partial charge is 0.336 e. The topological polar surface area (TPSA) is 182 Å². The summed E-state index contributed by atoms with van der Waals surface area (Å²) in [7, 11) is 0. The van der Waals surface area contributed by atoms with E-state index in [0.717, 1.165) is 12.8 Å². The first kappa shape index (κ1) is 28.7. The van der Waals surface area contributed by atoms with E-state index >= 15 is 0 Å². The van der Waals surface area contributed by atoms with Gasteiger partial charge in [-0.25, -0.2) is 9.59 Å². The number of carboxylic acid groups (broad SMARTS) is 2. The van der Waals surface area contributed by atoms with Gasteiger partial charge in [-0.2, -0.15) is 0 Å². The third kappa shape index (κ3) is 13.2. The lowest BCUT2D eigenvalue weighted by atomic mass is 9.92. The molecular weight excluding hydrogens is 428 g/mol. The fraction of sp³-hybridized carbons (Fsp3) is 0.900. The molecule has 12 nitrogen and oxygen atoms in total. The van der Waals surface area contributed by atoms with Gasteiger partial charge < -0.3 is 50.1 Å². The van der Waals surface area contributed by atoms with Gasteiger partial charge in [-0.05, 0) is 12.8 Å². The Kier molecular flexibility index (Phi) is 16.2. The van der Waals surface area contributed by atoms with E-state index in [4.69, 9.17) is 50.1 Å². The van der Waals surface area contributed by atoms with Gasteiger partial charge in [0.05, 0.1) is 66.1 Å². The van der Waals surface area contributed by atoms with Gasteiger partial charge >= 0.3 is 11.9 Å². The summed E-state index contributed by atoms with van der Waals surface area (Å²) in [5, 5.41) is 18.3. The standard InChI is InChI=1S/C14H24O10.C6H14N2/c15-13(16)11-12(14(17)18)24-10-8-22-6-4-20-2-1-19-3-5-21-7-9-23-11;7-5-3-1-2-4-6(5)8/h11-12H,1-10H2,(H,15,16)(H,17,18);5-6H,1-4,7-8H2/t11-,12+;5-,6-/m.1/s1. The first-order valence-electron chi connectivity index (χ1n) is 10.9. The summed E-state index contributed by atoms with van der Waals surface area (Å²) in [6, 6.07) is 0.562. The Morgan fingerprint density at radius 2 is 0.844 bits per heavy atom. The quantitative estimate of drug-likeness (QED) is 0.399. The van der Waals surface area contributed by atoms with Gasteiger partial charge in [-0.3, -0.25) is 0 Å². The zero-order valence-corrected chi connectivity index (χ0v) is 18.5. The lowest BCUT2D eigenvalue weighted by Crippen LogP contribution is -2.44. The average Bonchev–Trinajstić information content (AvgIpc) is 2.75. The minimum atomic E-state index is -1.63. The van der Waals surface area contributed by atoms with Crippen molar-refractivity contribution in [3.05, 3.63) is 0 Å². The lowest BCUT2D eigenvalue weighted by Gasteiger charge is -2.24. The minimum Gasteiger partial charge on any atom is -0.479 e. The van der Waals surface area contributed by atoms with E-state index in [9.17, 15) is 9.59 Å². The van der Waals surface area contributed by atoms with Crippen molar-refractivity contribution in [3.63, 3.8) is 0 Å². The van der Waals surface area contributed by atoms with Crippen LogP contribution in [0.4, 0.5) is 0 Å². The second kappa shape index (κ2) is 18.1. The first-order valence-corrected chi connectivity index (χ1v) is 10.9. The lowest BCUT2D eigenvalue weighted by molar-refractivity contribution is -0.179. The molecule has 1 aliphatic heterocycles. The Bertz CT molecular complexity index is 467. The third-order valence-corrected chi connectivity index (χ3v) is 4.80. The van der Waals surface area contributed by atoms with E-state index in [1.165, 1.54) is 12.8 Å². The summed E-state index contributed by atoms with van der Waals surface area (Å²) < 4.78 is 31.1. The Labute approximate surface area is 188 Å². The van der Waals surface area contributed by atoms with E-state index in [0.29, 0.717) is 39.6 Å². The average molecular weight is 467 g/mol. The Morgan fingerprint density at radius 3 is 1.09 bits per heavy atom. The minimum absolute atomic E-state index is 0.0796. The molecule has 0 radical (unpaired) electrons. The molecule has 1 saturated carbocycles. The van der Waals surface area contributed by atoms with Crippen LogP contribution in [-0.4, -0.2) is 113 Å². The van der Waals surface area contributed by atoms with Crippen molar-refractivity contribution >= 4 is 11.9 Å². The number of ether oxygens (including phenoxy) is 6. The molecule has 0 unspecified atom stereocenters. The Hall–Kier alpha value is -1.38. The van der Waals surface area contributed by atoms with Crippen molar-refractivity contribution in [1.29, 1.82) is 0 Å². The van der Waals surface area contributed by atoms with E-state index in [1.807, 2.05) is 0 Å². The second-order valence-corrected chi connectivity index (χ2v) is 7.32. The molecule has 188 valence electrons. The highest BCUT2D eigenvalue weighted by Gasteiger charge is 2.35. The maximum atomic E-state index is 11.2. The van der Waals surface area contributed by atoms with Crippen LogP contribution >= 0.6 is 0 Å². The maximum absolute atomic E-state index is 11.2. The zero-order valence-electron chi connectivity index (χ0n) is 18.5. The number of carbonyl (C=O) groups is 2. The predicted molar refractivity (Wildman–Crippen MR) is 112 cm³/mol. The molecular formula is C20H38N2O10. The van der Waals surface area contributed by atoms with Crippen molar-refractivity contribution in [2.75, 3.05) is 66.1 Å². The van der Waals surface area contributed by atoms with E-state index in [1.54, 1.807) is 0 Å². The highest BCUT2D eigenvalue weighted by atomic mass is 16.6. The van der Waals surface area contributed by atoms with Crippen LogP contribution in [0.2, 0.25) is 0 Å². The largest absolute Gasteiger partial charge is 0.479 e. The van der Waals surface area contributed by atoms with Gasteiger partial charge in [0.25, 0.3) is 0 Å². The third-order valence-electron chi connectivity index (χ3n) is 4.80. The van der Waals surface area contributed by atoms with Gasteiger partial charge in [0, 0.05) is 12.1 Å². The van der Waals surface area contributed by atoms with Crippen LogP contribution in [-0.2, 0) is 38.0 Å². The van der Waals surface area contributed by atoms with Crippen LogP contribution in [0.15, 0.2) is 0 Å². The van der Waals surface area contributed by atoms with Crippen LogP contribution in [0, 0.1) is 0 Å². The monoisotopic (exact) mass is 466 g/mol. The number of nitrogens with two attached hydrogens (primary N) is 2. The van der Waals surface area contributed by atoms with Crippen LogP contribution in [0.25, 0.3) is 0 Å². The molecule has 2 rings (SSSR count). The summed E-state index contributed by atoms with van der Waals surface area (Å²) in [6.07, 6.45) is 1.53. The zero-order chi connectivity index (χ0) is 23.6. The van der Waals surface area contributed by atoms with Gasteiger partial charge in [0.1, 0.15) is 0 Å². The van der Waals surface area contributed by atoms with Crippen molar-refractivity contribution in [2.45, 2.75) is 50.0 Å². The highest BCUT2D eigenvalue weighted by molar-refractivity contribution is 5.83. The summed E-state index contributed by atoms with van der Waals surface area (Å²) in [4.78, 5) is 22.4. The fourth-order valence-corrected chi connectivity index (χ4v) is 2.99. The molecule has 0 spiro atoms. The summed E-state index contributed by atoms with van der Waals surface area (Å²) in [5.41, 5.74) is 11.3. The van der Waals surface area contributed by atoms with Gasteiger partial charge in [-0.1, -0.05) is 12.8 Å². The number of carboxylic acids is 2. The molecule has 2 aliphatic rings. The van der Waals surface area contributed by atoms with E-state index in [-0.39, 0.29) is 38.5 Å². The van der Waals surface area contributed by atoms with Crippen molar-refractivity contribution in [2.24, 2.45) is 11.5 Å². The molecule has 6 N–H and O–H groups in total. The summed E-state index contributed by atoms with van der Waals surface area (Å²) in [5.74, 6) is -2.84. The molecule has 1 aliphatic carbocycles. The SMILES string of the molecule is N[C@@H]1CCCC[C@H]1N.O=C(O)[C@H]1OCCOCCOCCOCCOCCO[C@H]1C(=O)O. The number of aliphatic carboxylic acids is 2. The van der Waals surface area contributed by atoms with E-state index < -0.39 is 24.1 Å². The van der Waals surface area contributed by atoms with Gasteiger partial charge in [0.2, 0.25) is 0 Å². The van der Waals surface area contributed by atoms with Crippen LogP contribution in [0.1, 0.15) is 25.7 Å². The maximum Gasteiger partial charge on any atom is 0.336 e. The molecule has 0 amide bonds. The number of rotatable bonds is 2. The highest BCUT2D eigenvalue weighted by Crippen LogP contribution is 2.14. The molecule has 32 heavy (non-hydrogen) atoms. The van der Waals surface area contributed by atoms with Crippen LogP contribution < -0.4 is 11.5 Å². The Morgan fingerprint density at radius 1 is 0.562 bits per heavy atom. The number of hydrogen-bond donors (Lipinski definition) is 4. The van der Waals surface area contributed by atoms with Gasteiger partial charge in [-0.15, -0.1) is 0 Å². The molecule has 1 saturated heterocycles. The molecule has 1 heterocycles. The predicted octanol–water partition coefficient (Wildman–Crippen LogP) is -0.779. The molecule has 0 aromatic rings. The molecule has 0 aromatic carbocycles. The normalized spacial score (nSPS) is 30.1. The van der Waals surface area contributed by atoms with Gasteiger partial charge in [0.15, 0.2) is 12.2 Å². The molecule has 12 heteroatoms. The van der Waals surface area contributed by atoms with Crippen molar-refractivity contribution in [1.82, 2.24) is 0 Å². The Balaban J connectivity index is 0.000000533. The fourth-order valence-electron chi connectivity index (χ4n) is 2.99. The molecule has 4 atom stereocenters. The number of hydrogen-bond acceptors (Lipinski definition) is 10. The van der Waals surface area contributed by atoms with E-state index in [2.05, 4.69) is 0 Å². The summed E-state index contributed by atoms with van der Waals surface area (Å²) in [6.45, 7) is 2.28. The van der Waals surface area contributed by atoms with Crippen LogP contribution in [0.3, 0.4) is 0 Å². The molecule has 0 aromatic heterocycles. The first-order chi connectivity index (χ1) is 15.4. The van der Waals surface area contributed by atoms with Crippen molar-refractivity contribution in [3.8, 4) is 0 Å². The second-order valence-electron chi connectivity index (χ2n) is 7.32. The molecule has 2 fully saturated rings. The van der Waals surface area contributed by atoms with Crippen molar-refractivity contribution < 1.29 is 48.2 Å². The summed E-state index contributed by atoms with van der Waals surface area (Å²) >= 11 is 0. The van der Waals surface area contributed by atoms with Crippen LogP contribution in [0.5, 0.6) is 0 Å².